The van der Waals surface area contributed by atoms with Gasteiger partial charge < -0.3 is 15.4 Å². The number of hydrogen-bond acceptors (Lipinski definition) is 5. The van der Waals surface area contributed by atoms with Crippen molar-refractivity contribution in [2.75, 3.05) is 6.54 Å². The van der Waals surface area contributed by atoms with Crippen LogP contribution in [0.5, 0.6) is 0 Å². The monoisotopic (exact) mass is 340 g/mol. The van der Waals surface area contributed by atoms with E-state index >= 15 is 0 Å². The van der Waals surface area contributed by atoms with Crippen LogP contribution < -0.4 is 10.6 Å². The van der Waals surface area contributed by atoms with E-state index in [1.54, 1.807) is 0 Å². The lowest BCUT2D eigenvalue weighted by molar-refractivity contribution is -0.124. The first-order valence-electron chi connectivity index (χ1n) is 8.15. The first kappa shape index (κ1) is 17.0. The Kier molecular flexibility index (Phi) is 5.35. The van der Waals surface area contributed by atoms with E-state index in [4.69, 9.17) is 4.74 Å². The smallest absolute Gasteiger partial charge is 0.254 e. The number of aromatic nitrogens is 2. The van der Waals surface area contributed by atoms with Crippen LogP contribution in [-0.2, 0) is 16.1 Å². The molecule has 0 saturated heterocycles. The van der Waals surface area contributed by atoms with Gasteiger partial charge in [-0.2, -0.15) is 0 Å². The number of carbonyl (C=O) groups is 2. The minimum atomic E-state index is -0.268. The standard InChI is InChI=1S/C18H20N4O3/c1-12(22-18(24)14-8-19-11-20-9-14)7-21-17(23)6-16-15-5-3-2-4-13(15)10-25-16/h2-5,8-9,11-12,16H,6-7,10H2,1H3,(H,21,23)(H,22,24). The van der Waals surface area contributed by atoms with E-state index in [2.05, 4.69) is 20.6 Å². The molecule has 3 rings (SSSR count). The zero-order chi connectivity index (χ0) is 17.6. The zero-order valence-electron chi connectivity index (χ0n) is 13.9. The molecule has 0 bridgehead atoms. The first-order chi connectivity index (χ1) is 12.1. The zero-order valence-corrected chi connectivity index (χ0v) is 13.9. The van der Waals surface area contributed by atoms with E-state index in [-0.39, 0.29) is 30.4 Å². The van der Waals surface area contributed by atoms with Crippen molar-refractivity contribution in [2.24, 2.45) is 0 Å². The van der Waals surface area contributed by atoms with Crippen LogP contribution in [0, 0.1) is 0 Å². The van der Waals surface area contributed by atoms with E-state index in [0.29, 0.717) is 18.7 Å². The summed E-state index contributed by atoms with van der Waals surface area (Å²) in [6, 6.07) is 7.70. The second-order valence-electron chi connectivity index (χ2n) is 6.01. The molecule has 0 fully saturated rings. The quantitative estimate of drug-likeness (QED) is 0.828. The van der Waals surface area contributed by atoms with Crippen LogP contribution in [0.4, 0.5) is 0 Å². The van der Waals surface area contributed by atoms with Gasteiger partial charge in [0.1, 0.15) is 6.33 Å². The van der Waals surface area contributed by atoms with Crippen LogP contribution >= 0.6 is 0 Å². The average molecular weight is 340 g/mol. The molecule has 2 unspecified atom stereocenters. The Balaban J connectivity index is 1.44. The van der Waals surface area contributed by atoms with E-state index in [0.717, 1.165) is 11.1 Å². The number of ether oxygens (including phenoxy) is 1. The Hall–Kier alpha value is -2.80. The van der Waals surface area contributed by atoms with Crippen LogP contribution in [0.25, 0.3) is 0 Å². The summed E-state index contributed by atoms with van der Waals surface area (Å²) in [6.45, 7) is 2.70. The number of hydrogen-bond donors (Lipinski definition) is 2. The Morgan fingerprint density at radius 2 is 2.04 bits per heavy atom. The third-order valence-corrected chi connectivity index (χ3v) is 4.02. The molecule has 0 radical (unpaired) electrons. The Morgan fingerprint density at radius 3 is 2.84 bits per heavy atom. The van der Waals surface area contributed by atoms with Gasteiger partial charge in [-0.1, -0.05) is 24.3 Å². The first-order valence-corrected chi connectivity index (χ1v) is 8.15. The molecule has 0 spiro atoms. The number of nitrogens with one attached hydrogen (secondary N) is 2. The molecular formula is C18H20N4O3. The van der Waals surface area contributed by atoms with Crippen molar-refractivity contribution in [3.8, 4) is 0 Å². The van der Waals surface area contributed by atoms with Crippen molar-refractivity contribution in [3.63, 3.8) is 0 Å². The van der Waals surface area contributed by atoms with Crippen LogP contribution in [0.1, 0.15) is 40.9 Å². The van der Waals surface area contributed by atoms with Crippen LogP contribution in [-0.4, -0.2) is 34.4 Å². The number of carbonyl (C=O) groups excluding carboxylic acids is 2. The molecule has 1 aromatic heterocycles. The molecule has 2 atom stereocenters. The summed E-state index contributed by atoms with van der Waals surface area (Å²) in [5.74, 6) is -0.374. The minimum absolute atomic E-state index is 0.106. The fraction of sp³-hybridized carbons (Fsp3) is 0.333. The third kappa shape index (κ3) is 4.39. The molecule has 7 nitrogen and oxygen atoms in total. The molecule has 1 aliphatic heterocycles. The van der Waals surface area contributed by atoms with E-state index in [1.165, 1.54) is 18.7 Å². The maximum absolute atomic E-state index is 12.1. The predicted octanol–water partition coefficient (Wildman–Crippen LogP) is 1.37. The summed E-state index contributed by atoms with van der Waals surface area (Å²) in [6.07, 6.45) is 4.32. The molecule has 130 valence electrons. The van der Waals surface area contributed by atoms with Gasteiger partial charge in [-0.05, 0) is 18.1 Å². The predicted molar refractivity (Wildman–Crippen MR) is 90.6 cm³/mol. The number of amides is 2. The molecule has 0 saturated carbocycles. The molecule has 1 aliphatic rings. The van der Waals surface area contributed by atoms with Gasteiger partial charge in [-0.3, -0.25) is 9.59 Å². The van der Waals surface area contributed by atoms with Gasteiger partial charge in [-0.25, -0.2) is 9.97 Å². The van der Waals surface area contributed by atoms with E-state index in [9.17, 15) is 9.59 Å². The van der Waals surface area contributed by atoms with E-state index in [1.807, 2.05) is 31.2 Å². The van der Waals surface area contributed by atoms with Crippen LogP contribution in [0.15, 0.2) is 43.0 Å². The SMILES string of the molecule is CC(CNC(=O)CC1OCc2ccccc21)NC(=O)c1cncnc1. The molecule has 0 aliphatic carbocycles. The Bertz CT molecular complexity index is 751. The lowest BCUT2D eigenvalue weighted by atomic mass is 10.0. The maximum Gasteiger partial charge on any atom is 0.254 e. The highest BCUT2D eigenvalue weighted by atomic mass is 16.5. The van der Waals surface area contributed by atoms with Crippen molar-refractivity contribution in [2.45, 2.75) is 32.1 Å². The van der Waals surface area contributed by atoms with Gasteiger partial charge >= 0.3 is 0 Å². The lowest BCUT2D eigenvalue weighted by Crippen LogP contribution is -2.42. The molecule has 2 heterocycles. The normalized spacial score (nSPS) is 16.8. The van der Waals surface area contributed by atoms with Gasteiger partial charge in [0.2, 0.25) is 5.91 Å². The summed E-state index contributed by atoms with van der Waals surface area (Å²) in [7, 11) is 0. The summed E-state index contributed by atoms with van der Waals surface area (Å²) in [4.78, 5) is 31.8. The van der Waals surface area contributed by atoms with Gasteiger partial charge in [-0.15, -0.1) is 0 Å². The second-order valence-corrected chi connectivity index (χ2v) is 6.01. The van der Waals surface area contributed by atoms with Crippen LogP contribution in [0.2, 0.25) is 0 Å². The van der Waals surface area contributed by atoms with Gasteiger partial charge in [0.15, 0.2) is 0 Å². The largest absolute Gasteiger partial charge is 0.368 e. The molecule has 2 amide bonds. The maximum atomic E-state index is 12.1. The Labute approximate surface area is 145 Å². The summed E-state index contributed by atoms with van der Waals surface area (Å²) >= 11 is 0. The van der Waals surface area contributed by atoms with Gasteiger partial charge in [0.25, 0.3) is 5.91 Å². The van der Waals surface area contributed by atoms with Crippen molar-refractivity contribution in [1.29, 1.82) is 0 Å². The summed E-state index contributed by atoms with van der Waals surface area (Å²) in [5.41, 5.74) is 2.59. The van der Waals surface area contributed by atoms with Crippen molar-refractivity contribution >= 4 is 11.8 Å². The lowest BCUT2D eigenvalue weighted by Gasteiger charge is -2.16. The summed E-state index contributed by atoms with van der Waals surface area (Å²) < 4.78 is 5.68. The minimum Gasteiger partial charge on any atom is -0.368 e. The number of nitrogens with zero attached hydrogens (tertiary/aromatic N) is 2. The van der Waals surface area contributed by atoms with Crippen molar-refractivity contribution < 1.29 is 14.3 Å². The van der Waals surface area contributed by atoms with Gasteiger partial charge in [0.05, 0.1) is 24.7 Å². The van der Waals surface area contributed by atoms with Crippen molar-refractivity contribution in [1.82, 2.24) is 20.6 Å². The highest BCUT2D eigenvalue weighted by molar-refractivity contribution is 5.93. The number of fused-ring (bicyclic) bond motifs is 1. The van der Waals surface area contributed by atoms with Crippen LogP contribution in [0.3, 0.4) is 0 Å². The second kappa shape index (κ2) is 7.85. The number of benzene rings is 1. The fourth-order valence-electron chi connectivity index (χ4n) is 2.71. The Morgan fingerprint density at radius 1 is 1.28 bits per heavy atom. The highest BCUT2D eigenvalue weighted by Gasteiger charge is 2.25. The molecule has 2 aromatic rings. The molecule has 1 aromatic carbocycles. The number of rotatable bonds is 6. The highest BCUT2D eigenvalue weighted by Crippen LogP contribution is 2.32. The average Bonchev–Trinajstić information content (AvgIpc) is 3.04. The molecule has 25 heavy (non-hydrogen) atoms. The van der Waals surface area contributed by atoms with Crippen molar-refractivity contribution in [3.05, 3.63) is 59.7 Å². The molecular weight excluding hydrogens is 320 g/mol. The van der Waals surface area contributed by atoms with E-state index < -0.39 is 0 Å². The molecule has 7 heteroatoms. The van der Waals surface area contributed by atoms with Gasteiger partial charge in [0, 0.05) is 25.0 Å². The fourth-order valence-corrected chi connectivity index (χ4v) is 2.71. The summed E-state index contributed by atoms with van der Waals surface area (Å²) in [5, 5.41) is 5.63. The third-order valence-electron chi connectivity index (χ3n) is 4.02. The topological polar surface area (TPSA) is 93.2 Å². The molecule has 2 N–H and O–H groups in total.